The number of nitrogens with zero attached hydrogens (tertiary/aromatic N) is 1. The van der Waals surface area contributed by atoms with Gasteiger partial charge in [-0.25, -0.2) is 13.9 Å². The highest BCUT2D eigenvalue weighted by Crippen LogP contribution is 2.16. The molecule has 1 rings (SSSR count). The first-order valence-electron chi connectivity index (χ1n) is 2.55. The average molecular weight is 163 g/mol. The van der Waals surface area contributed by atoms with Gasteiger partial charge < -0.3 is 9.84 Å². The number of ether oxygens (including phenoxy) is 1. The smallest absolute Gasteiger partial charge is 0.417 e. The molecule has 10 heavy (non-hydrogen) atoms. The summed E-state index contributed by atoms with van der Waals surface area (Å²) in [5.41, 5.74) is 0. The van der Waals surface area contributed by atoms with Crippen LogP contribution in [-0.4, -0.2) is 34.0 Å². The average Bonchev–Trinajstić information content (AvgIpc) is 1.88. The lowest BCUT2D eigenvalue weighted by Gasteiger charge is -2.20. The van der Waals surface area contributed by atoms with E-state index in [0.717, 1.165) is 4.31 Å². The van der Waals surface area contributed by atoms with Crippen LogP contribution in [0.15, 0.2) is 0 Å². The number of hydrogen-bond donors (Lipinski definition) is 1. The third-order valence-electron chi connectivity index (χ3n) is 0.912. The van der Waals surface area contributed by atoms with Crippen LogP contribution in [0.2, 0.25) is 0 Å². The Morgan fingerprint density at radius 3 is 2.90 bits per heavy atom. The molecule has 1 heterocycles. The van der Waals surface area contributed by atoms with Crippen LogP contribution in [0.1, 0.15) is 0 Å². The van der Waals surface area contributed by atoms with Crippen molar-refractivity contribution >= 4 is 23.3 Å². The minimum Gasteiger partial charge on any atom is -0.464 e. The normalized spacial score (nSPS) is 18.4. The van der Waals surface area contributed by atoms with Crippen molar-refractivity contribution in [3.8, 4) is 0 Å². The van der Waals surface area contributed by atoms with Gasteiger partial charge >= 0.3 is 11.4 Å². The number of rotatable bonds is 0. The van der Waals surface area contributed by atoms with Crippen molar-refractivity contribution in [3.63, 3.8) is 0 Å². The van der Waals surface area contributed by atoms with Crippen LogP contribution in [-0.2, 0) is 4.74 Å². The van der Waals surface area contributed by atoms with Crippen molar-refractivity contribution < 1.29 is 19.4 Å². The van der Waals surface area contributed by atoms with Gasteiger partial charge in [0.05, 0.1) is 18.5 Å². The molecule has 0 unspecified atom stereocenters. The van der Waals surface area contributed by atoms with Crippen molar-refractivity contribution in [2.24, 2.45) is 0 Å². The van der Waals surface area contributed by atoms with E-state index < -0.39 is 11.4 Å². The van der Waals surface area contributed by atoms with E-state index in [9.17, 15) is 9.59 Å². The number of hydrogen-bond acceptors (Lipinski definition) is 4. The number of carbonyl (C=O) groups is 2. The van der Waals surface area contributed by atoms with Gasteiger partial charge in [0.1, 0.15) is 6.61 Å². The lowest BCUT2D eigenvalue weighted by atomic mass is 10.7. The molecule has 0 radical (unpaired) electrons. The van der Waals surface area contributed by atoms with E-state index in [1.165, 1.54) is 0 Å². The summed E-state index contributed by atoms with van der Waals surface area (Å²) in [6, 6.07) is 0. The van der Waals surface area contributed by atoms with E-state index >= 15 is 0 Å². The lowest BCUT2D eigenvalue weighted by Crippen LogP contribution is -2.32. The minimum atomic E-state index is -1.11. The Labute approximate surface area is 61.1 Å². The molecule has 0 spiro atoms. The molecular weight excluding hydrogens is 158 g/mol. The molecule has 1 aliphatic heterocycles. The quantitative estimate of drug-likeness (QED) is 0.422. The molecular formula is C4H5NO4S. The second-order valence-electron chi connectivity index (χ2n) is 1.57. The molecule has 0 saturated carbocycles. The fourth-order valence-electron chi connectivity index (χ4n) is 0.509. The molecule has 0 aliphatic carbocycles. The Morgan fingerprint density at radius 1 is 1.80 bits per heavy atom. The van der Waals surface area contributed by atoms with Crippen LogP contribution in [0, 0.1) is 0 Å². The molecule has 1 saturated heterocycles. The van der Waals surface area contributed by atoms with Crippen LogP contribution >= 0.6 is 11.9 Å². The maximum atomic E-state index is 10.4. The van der Waals surface area contributed by atoms with E-state index in [-0.39, 0.29) is 13.2 Å². The summed E-state index contributed by atoms with van der Waals surface area (Å²) in [7, 11) is 0. The maximum absolute atomic E-state index is 10.4. The first kappa shape index (κ1) is 7.20. The van der Waals surface area contributed by atoms with Crippen LogP contribution in [0.25, 0.3) is 0 Å². The molecule has 1 amide bonds. The van der Waals surface area contributed by atoms with Gasteiger partial charge in [-0.05, 0) is 0 Å². The highest BCUT2D eigenvalue weighted by atomic mass is 32.2. The predicted octanol–water partition coefficient (Wildman–Crippen LogP) is 0.765. The summed E-state index contributed by atoms with van der Waals surface area (Å²) in [5.74, 6) is 0. The van der Waals surface area contributed by atoms with Gasteiger partial charge in [0, 0.05) is 0 Å². The van der Waals surface area contributed by atoms with Crippen LogP contribution in [0.3, 0.4) is 0 Å². The van der Waals surface area contributed by atoms with E-state index in [2.05, 4.69) is 4.74 Å². The fourth-order valence-corrected chi connectivity index (χ4v) is 1.07. The Morgan fingerprint density at radius 2 is 2.50 bits per heavy atom. The number of carbonyl (C=O) groups excluding carboxylic acids is 1. The highest BCUT2D eigenvalue weighted by Gasteiger charge is 2.22. The standard InChI is InChI=1S/C4H5NO4S/c6-3(7)5-1-2-9-4(8)10-5/h1-2H2,(H,6,7). The van der Waals surface area contributed by atoms with Gasteiger partial charge in [0.25, 0.3) is 0 Å². The number of amides is 1. The molecule has 6 heteroatoms. The second-order valence-corrected chi connectivity index (χ2v) is 2.53. The van der Waals surface area contributed by atoms with Gasteiger partial charge in [0.2, 0.25) is 0 Å². The molecule has 56 valence electrons. The van der Waals surface area contributed by atoms with Crippen molar-refractivity contribution in [2.45, 2.75) is 0 Å². The fraction of sp³-hybridized carbons (Fsp3) is 0.500. The third-order valence-corrected chi connectivity index (χ3v) is 1.74. The Kier molecular flexibility index (Phi) is 2.00. The molecule has 0 atom stereocenters. The monoisotopic (exact) mass is 163 g/mol. The van der Waals surface area contributed by atoms with Crippen LogP contribution in [0.4, 0.5) is 9.59 Å². The molecule has 0 aromatic rings. The Balaban J connectivity index is 2.47. The van der Waals surface area contributed by atoms with E-state index in [4.69, 9.17) is 5.11 Å². The van der Waals surface area contributed by atoms with Gasteiger partial charge in [-0.15, -0.1) is 0 Å². The molecule has 1 aliphatic rings. The molecule has 5 nitrogen and oxygen atoms in total. The summed E-state index contributed by atoms with van der Waals surface area (Å²) in [6.07, 6.45) is -1.11. The van der Waals surface area contributed by atoms with Gasteiger partial charge in [0.15, 0.2) is 0 Å². The van der Waals surface area contributed by atoms with Gasteiger partial charge in [-0.3, -0.25) is 0 Å². The van der Waals surface area contributed by atoms with Crippen molar-refractivity contribution in [1.82, 2.24) is 4.31 Å². The molecule has 1 N–H and O–H groups in total. The predicted molar refractivity (Wildman–Crippen MR) is 33.7 cm³/mol. The van der Waals surface area contributed by atoms with Gasteiger partial charge in [-0.1, -0.05) is 0 Å². The zero-order valence-electron chi connectivity index (χ0n) is 4.94. The number of carboxylic acid groups (broad SMARTS) is 1. The zero-order chi connectivity index (χ0) is 7.56. The van der Waals surface area contributed by atoms with E-state index in [0.29, 0.717) is 11.9 Å². The first-order valence-corrected chi connectivity index (χ1v) is 3.32. The SMILES string of the molecule is O=C1OCCN(C(=O)O)S1. The molecule has 0 aromatic carbocycles. The lowest BCUT2D eigenvalue weighted by molar-refractivity contribution is 0.141. The van der Waals surface area contributed by atoms with Gasteiger partial charge in [-0.2, -0.15) is 0 Å². The summed E-state index contributed by atoms with van der Waals surface area (Å²) in [5, 5.41) is 7.79. The Bertz CT molecular complexity index is 169. The van der Waals surface area contributed by atoms with Crippen LogP contribution < -0.4 is 0 Å². The highest BCUT2D eigenvalue weighted by molar-refractivity contribution is 8.11. The molecule has 0 bridgehead atoms. The minimum absolute atomic E-state index is 0.151. The Hall–Kier alpha value is -0.910. The van der Waals surface area contributed by atoms with E-state index in [1.807, 2.05) is 0 Å². The summed E-state index contributed by atoms with van der Waals surface area (Å²) < 4.78 is 5.41. The van der Waals surface area contributed by atoms with E-state index in [1.54, 1.807) is 0 Å². The topological polar surface area (TPSA) is 66.8 Å². The van der Waals surface area contributed by atoms with Crippen molar-refractivity contribution in [1.29, 1.82) is 0 Å². The largest absolute Gasteiger partial charge is 0.464 e. The zero-order valence-corrected chi connectivity index (χ0v) is 5.76. The first-order chi connectivity index (χ1) is 4.70. The van der Waals surface area contributed by atoms with Crippen molar-refractivity contribution in [2.75, 3.05) is 13.2 Å². The third kappa shape index (κ3) is 1.53. The summed E-state index contributed by atoms with van der Waals surface area (Å²) in [6.45, 7) is 0.393. The maximum Gasteiger partial charge on any atom is 0.417 e. The molecule has 1 fully saturated rings. The van der Waals surface area contributed by atoms with Crippen LogP contribution in [0.5, 0.6) is 0 Å². The summed E-state index contributed by atoms with van der Waals surface area (Å²) in [4.78, 5) is 20.6. The second kappa shape index (κ2) is 2.78. The van der Waals surface area contributed by atoms with Crippen molar-refractivity contribution in [3.05, 3.63) is 0 Å². The molecule has 0 aromatic heterocycles. The number of cyclic esters (lactones) is 1. The summed E-state index contributed by atoms with van der Waals surface area (Å²) >= 11 is 0.567.